The third-order valence-corrected chi connectivity index (χ3v) is 10.3. The quantitative estimate of drug-likeness (QED) is 0.0458. The monoisotopic (exact) mass is 944 g/mol. The highest BCUT2D eigenvalue weighted by atomic mass is 32.2. The Balaban J connectivity index is -0.000000817. The Labute approximate surface area is 351 Å². The van der Waals surface area contributed by atoms with Gasteiger partial charge in [-0.05, 0) is 107 Å². The predicted molar refractivity (Wildman–Crippen MR) is 208 cm³/mol. The molecule has 0 atom stereocenters. The summed E-state index contributed by atoms with van der Waals surface area (Å²) < 4.78 is 201. The van der Waals surface area contributed by atoms with E-state index >= 15 is 0 Å². The Morgan fingerprint density at radius 2 is 0.951 bits per heavy atom. The molecule has 0 aromatic heterocycles. The van der Waals surface area contributed by atoms with Gasteiger partial charge in [0.05, 0.1) is 44.6 Å². The molecule has 0 aliphatic carbocycles. The highest BCUT2D eigenvalue weighted by molar-refractivity contribution is 7.87. The smallest absolute Gasteiger partial charge is 0.460 e. The number of carbonyl (C=O) groups excluding carboxylic acids is 1. The molecule has 0 unspecified atom stereocenters. The van der Waals surface area contributed by atoms with Crippen LogP contribution in [0.1, 0.15) is 67.5 Å². The zero-order chi connectivity index (χ0) is 47.8. The van der Waals surface area contributed by atoms with E-state index in [1.165, 1.54) is 6.92 Å². The lowest BCUT2D eigenvalue weighted by molar-refractivity contribution is -0.154. The Kier molecular flexibility index (Phi) is 21.3. The molecule has 0 amide bonds. The molecule has 3 rings (SSSR count). The molecule has 0 spiro atoms. The molecule has 23 heteroatoms. The van der Waals surface area contributed by atoms with Crippen molar-refractivity contribution in [2.45, 2.75) is 86.8 Å². The fraction of sp³-hybridized carbons (Fsp3) is 0.342. The summed E-state index contributed by atoms with van der Waals surface area (Å²) in [6.07, 6.45) is -10.2. The minimum Gasteiger partial charge on any atom is -0.460 e. The minimum atomic E-state index is -4.54. The predicted octanol–water partition coefficient (Wildman–Crippen LogP) is 10.4. The first-order chi connectivity index (χ1) is 27.4. The van der Waals surface area contributed by atoms with Gasteiger partial charge in [0, 0.05) is 13.3 Å². The molecule has 61 heavy (non-hydrogen) atoms. The first-order valence-corrected chi connectivity index (χ1v) is 21.1. The van der Waals surface area contributed by atoms with Crippen LogP contribution in [0.15, 0.2) is 124 Å². The number of ether oxygens (including phenoxy) is 1. The summed E-state index contributed by atoms with van der Waals surface area (Å²) in [5.74, 6) is -0.513. The van der Waals surface area contributed by atoms with E-state index in [4.69, 9.17) is 13.5 Å². The van der Waals surface area contributed by atoms with Gasteiger partial charge in [-0.2, -0.15) is 64.8 Å². The van der Waals surface area contributed by atoms with E-state index in [0.717, 1.165) is 35.4 Å². The van der Waals surface area contributed by atoms with Crippen LogP contribution in [0.5, 0.6) is 0 Å². The van der Waals surface area contributed by atoms with Gasteiger partial charge in [-0.3, -0.25) is 17.7 Å². The van der Waals surface area contributed by atoms with Crippen LogP contribution in [0.3, 0.4) is 0 Å². The lowest BCUT2D eigenvalue weighted by atomic mass is 10.1. The number of esters is 1. The molecule has 11 nitrogen and oxygen atoms in total. The van der Waals surface area contributed by atoms with Gasteiger partial charge in [-0.1, -0.05) is 36.5 Å². The summed E-state index contributed by atoms with van der Waals surface area (Å²) >= 11 is 0. The molecule has 0 saturated carbocycles. The maximum atomic E-state index is 12.4. The third-order valence-electron chi connectivity index (χ3n) is 6.85. The summed E-state index contributed by atoms with van der Waals surface area (Å²) in [6.45, 7) is 16.4. The topological polar surface area (TPSA) is 167 Å². The maximum Gasteiger partial charge on any atom is 1.00 e. The van der Waals surface area contributed by atoms with Crippen molar-refractivity contribution in [1.29, 1.82) is 0 Å². The lowest BCUT2D eigenvalue weighted by Gasteiger charge is -2.23. The van der Waals surface area contributed by atoms with Crippen LogP contribution in [0.2, 0.25) is 0 Å². The van der Waals surface area contributed by atoms with Crippen molar-refractivity contribution < 1.29 is 90.1 Å². The van der Waals surface area contributed by atoms with Crippen LogP contribution in [-0.2, 0) is 66.8 Å². The summed E-state index contributed by atoms with van der Waals surface area (Å²) in [6, 6.07) is 8.71. The summed E-state index contributed by atoms with van der Waals surface area (Å²) in [4.78, 5) is 9.63. The third kappa shape index (κ3) is 22.7. The van der Waals surface area contributed by atoms with Crippen LogP contribution < -0.4 is 0 Å². The molecule has 0 saturated heterocycles. The first-order valence-electron chi connectivity index (χ1n) is 16.8. The molecule has 0 radical (unpaired) electrons. The van der Waals surface area contributed by atoms with Crippen molar-refractivity contribution in [3.8, 4) is 0 Å². The molecule has 342 valence electrons. The van der Waals surface area contributed by atoms with E-state index in [1.54, 1.807) is 39.8 Å². The van der Waals surface area contributed by atoms with Crippen molar-refractivity contribution in [3.63, 3.8) is 0 Å². The first kappa shape index (κ1) is 56.5. The van der Waals surface area contributed by atoms with Gasteiger partial charge in [0.2, 0.25) is 0 Å². The number of allylic oxidation sites excluding steroid dienone is 3. The molecule has 1 N–H and O–H groups in total. The number of benzene rings is 3. The van der Waals surface area contributed by atoms with Gasteiger partial charge >= 0.3 is 27.4 Å². The second-order valence-corrected chi connectivity index (χ2v) is 17.6. The van der Waals surface area contributed by atoms with Crippen molar-refractivity contribution in [1.82, 2.24) is 0 Å². The average molecular weight is 945 g/mol. The van der Waals surface area contributed by atoms with E-state index in [1.807, 2.05) is 6.92 Å². The standard InChI is InChI=1S/C14H17F3O5S.C12H13F3O3S.C7H5F3O3S.C5H8/c1-10(18)22-13(2,3)8-9-21-23(19,20)12-6-4-11(5-7-12)14(15,16)17;1-9(2)7-8-18-19(16,17)11-5-3-10(4-6-11)12(13,14)15;8-7(9,10)5-1-3-6(4-2-5)14(11,12)13;1-4-5(2)3/h4-7H,8-9H2,1-3H3;3-7H,8H2,1-2H3;1-4H,(H,11,12,13);4H,1-2H2,3H3/p+2. The van der Waals surface area contributed by atoms with Crippen LogP contribution in [0, 0.1) is 0 Å². The van der Waals surface area contributed by atoms with Gasteiger partial charge in [0.1, 0.15) is 5.60 Å². The molecular formula is C38H45F9O11S3+2. The molecule has 0 bridgehead atoms. The van der Waals surface area contributed by atoms with Crippen molar-refractivity contribution in [3.05, 3.63) is 126 Å². The molecule has 3 aromatic rings. The second kappa shape index (κ2) is 23.1. The van der Waals surface area contributed by atoms with Crippen molar-refractivity contribution in [2.75, 3.05) is 13.2 Å². The summed E-state index contributed by atoms with van der Waals surface area (Å²) in [7, 11) is -12.6. The zero-order valence-electron chi connectivity index (χ0n) is 35.3. The van der Waals surface area contributed by atoms with Crippen molar-refractivity contribution >= 4 is 36.3 Å². The number of alkyl halides is 9. The Morgan fingerprint density at radius 3 is 1.21 bits per heavy atom. The second-order valence-electron chi connectivity index (χ2n) is 13.0. The molecule has 0 aliphatic rings. The largest absolute Gasteiger partial charge is 1.00 e. The lowest BCUT2D eigenvalue weighted by Crippen LogP contribution is -2.29. The number of rotatable bonds is 12. The van der Waals surface area contributed by atoms with Crippen LogP contribution >= 0.6 is 0 Å². The minimum absolute atomic E-state index is 0. The SMILES string of the molecule is C=CC(=C)C.CC(=O)OC(C)(C)CCOS(=O)(=O)c1ccc(C(F)(F)F)cc1.CC(C)=CCOS(=O)(=O)c1ccc(C(F)(F)F)cc1.O=S(=O)(O)c1ccc(C(F)(F)F)cc1.[H+].[H+]. The van der Waals surface area contributed by atoms with Crippen LogP contribution in [0.4, 0.5) is 39.5 Å². The Morgan fingerprint density at radius 1 is 0.639 bits per heavy atom. The normalized spacial score (nSPS) is 12.2. The Bertz CT molecular complexity index is 2270. The number of halogens is 9. The fourth-order valence-electron chi connectivity index (χ4n) is 3.70. The summed E-state index contributed by atoms with van der Waals surface area (Å²) in [5.41, 5.74) is -1.85. The van der Waals surface area contributed by atoms with Gasteiger partial charge < -0.3 is 4.74 Å². The van der Waals surface area contributed by atoms with E-state index in [-0.39, 0.29) is 32.3 Å². The molecule has 0 fully saturated rings. The van der Waals surface area contributed by atoms with E-state index in [9.17, 15) is 69.6 Å². The molecular weight excluding hydrogens is 900 g/mol. The molecule has 0 heterocycles. The Hall–Kier alpha value is -4.55. The highest BCUT2D eigenvalue weighted by Gasteiger charge is 2.33. The average Bonchev–Trinajstić information content (AvgIpc) is 3.10. The molecule has 3 aromatic carbocycles. The van der Waals surface area contributed by atoms with E-state index in [2.05, 4.69) is 17.3 Å². The number of hydrogen-bond donors (Lipinski definition) is 1. The fourth-order valence-corrected chi connectivity index (χ4v) is 5.94. The van der Waals surface area contributed by atoms with Gasteiger partial charge in [0.15, 0.2) is 0 Å². The zero-order valence-corrected chi connectivity index (χ0v) is 35.7. The summed E-state index contributed by atoms with van der Waals surface area (Å²) in [5, 5.41) is 0. The van der Waals surface area contributed by atoms with E-state index in [0.29, 0.717) is 48.5 Å². The number of hydrogen-bond acceptors (Lipinski definition) is 10. The van der Waals surface area contributed by atoms with Crippen molar-refractivity contribution in [2.24, 2.45) is 0 Å². The number of carbonyl (C=O) groups is 1. The highest BCUT2D eigenvalue weighted by Crippen LogP contribution is 2.32. The maximum absolute atomic E-state index is 12.4. The van der Waals surface area contributed by atoms with Crippen LogP contribution in [-0.4, -0.2) is 54.6 Å². The van der Waals surface area contributed by atoms with E-state index < -0.39 is 82.0 Å². The molecule has 0 aliphatic heterocycles. The van der Waals surface area contributed by atoms with Crippen LogP contribution in [0.25, 0.3) is 0 Å². The van der Waals surface area contributed by atoms with Gasteiger partial charge in [0.25, 0.3) is 30.4 Å². The van der Waals surface area contributed by atoms with Gasteiger partial charge in [-0.15, -0.1) is 0 Å². The van der Waals surface area contributed by atoms with Gasteiger partial charge in [-0.25, -0.2) is 0 Å².